The molecule has 5 heteroatoms. The van der Waals surface area contributed by atoms with Crippen LogP contribution < -0.4 is 4.74 Å². The predicted octanol–water partition coefficient (Wildman–Crippen LogP) is 5.41. The van der Waals surface area contributed by atoms with Crippen LogP contribution in [0, 0.1) is 0 Å². The van der Waals surface area contributed by atoms with Gasteiger partial charge in [-0.1, -0.05) is 30.2 Å². The molecule has 0 aliphatic carbocycles. The van der Waals surface area contributed by atoms with Gasteiger partial charge in [0.15, 0.2) is 0 Å². The van der Waals surface area contributed by atoms with Crippen LogP contribution in [0.5, 0.6) is 5.75 Å². The van der Waals surface area contributed by atoms with Crippen molar-refractivity contribution in [3.8, 4) is 5.75 Å². The lowest BCUT2D eigenvalue weighted by Crippen LogP contribution is -2.33. The molecule has 2 heterocycles. The van der Waals surface area contributed by atoms with Gasteiger partial charge in [0.25, 0.3) is 0 Å². The Morgan fingerprint density at radius 1 is 1.04 bits per heavy atom. The lowest BCUT2D eigenvalue weighted by atomic mass is 10.1. The van der Waals surface area contributed by atoms with Crippen LogP contribution in [0.3, 0.4) is 0 Å². The Hall–Kier alpha value is -1.62. The third-order valence-corrected chi connectivity index (χ3v) is 6.07. The van der Waals surface area contributed by atoms with E-state index in [4.69, 9.17) is 21.3 Å². The van der Waals surface area contributed by atoms with E-state index in [0.717, 1.165) is 40.9 Å². The van der Waals surface area contributed by atoms with E-state index in [1.165, 1.54) is 42.6 Å². The normalized spacial score (nSPS) is 15.4. The van der Waals surface area contributed by atoms with Crippen molar-refractivity contribution in [2.45, 2.75) is 25.7 Å². The minimum Gasteiger partial charge on any atom is -0.492 e. The molecule has 0 N–H and O–H groups in total. The van der Waals surface area contributed by atoms with E-state index in [2.05, 4.69) is 29.2 Å². The summed E-state index contributed by atoms with van der Waals surface area (Å²) in [4.78, 5) is 7.25. The molecule has 0 saturated carbocycles. The molecule has 26 heavy (non-hydrogen) atoms. The van der Waals surface area contributed by atoms with Crippen molar-refractivity contribution in [1.82, 2.24) is 9.88 Å². The van der Waals surface area contributed by atoms with Crippen LogP contribution in [0.25, 0.3) is 10.2 Å². The van der Waals surface area contributed by atoms with E-state index in [1.54, 1.807) is 11.3 Å². The molecule has 136 valence electrons. The van der Waals surface area contributed by atoms with Gasteiger partial charge in [0, 0.05) is 18.0 Å². The second-order valence-corrected chi connectivity index (χ2v) is 8.34. The maximum absolute atomic E-state index is 5.98. The number of nitrogens with zero attached hydrogens (tertiary/aromatic N) is 2. The highest BCUT2D eigenvalue weighted by molar-refractivity contribution is 7.18. The largest absolute Gasteiger partial charge is 0.492 e. The summed E-state index contributed by atoms with van der Waals surface area (Å²) in [5.74, 6) is 0.941. The van der Waals surface area contributed by atoms with Crippen LogP contribution >= 0.6 is 22.9 Å². The molecule has 0 radical (unpaired) electrons. The van der Waals surface area contributed by atoms with Gasteiger partial charge in [-0.05, 0) is 61.8 Å². The van der Waals surface area contributed by atoms with Gasteiger partial charge < -0.3 is 4.74 Å². The number of piperidine rings is 1. The fraction of sp³-hybridized carbons (Fsp3) is 0.381. The molecule has 0 bridgehead atoms. The SMILES string of the molecule is Clc1ccc(Cc2nc3ccc(OCCN4CCCCC4)cc3s2)cc1. The fourth-order valence-electron chi connectivity index (χ4n) is 3.37. The zero-order valence-electron chi connectivity index (χ0n) is 14.8. The van der Waals surface area contributed by atoms with E-state index in [9.17, 15) is 0 Å². The van der Waals surface area contributed by atoms with Gasteiger partial charge in [-0.15, -0.1) is 11.3 Å². The summed E-state index contributed by atoms with van der Waals surface area (Å²) in [6, 6.07) is 14.2. The quantitative estimate of drug-likeness (QED) is 0.566. The highest BCUT2D eigenvalue weighted by atomic mass is 35.5. The number of benzene rings is 2. The van der Waals surface area contributed by atoms with E-state index in [0.29, 0.717) is 0 Å². The first-order valence-corrected chi connectivity index (χ1v) is 10.4. The number of fused-ring (bicyclic) bond motifs is 1. The molecule has 4 rings (SSSR count). The van der Waals surface area contributed by atoms with Crippen molar-refractivity contribution in [2.24, 2.45) is 0 Å². The predicted molar refractivity (Wildman–Crippen MR) is 110 cm³/mol. The second kappa shape index (κ2) is 8.38. The van der Waals surface area contributed by atoms with Gasteiger partial charge in [-0.2, -0.15) is 0 Å². The van der Waals surface area contributed by atoms with Crippen LogP contribution in [0.2, 0.25) is 5.02 Å². The number of rotatable bonds is 6. The Bertz CT molecular complexity index is 856. The van der Waals surface area contributed by atoms with Crippen LogP contribution in [0.4, 0.5) is 0 Å². The minimum absolute atomic E-state index is 0.752. The summed E-state index contributed by atoms with van der Waals surface area (Å²) >= 11 is 7.70. The summed E-state index contributed by atoms with van der Waals surface area (Å²) in [5, 5.41) is 1.89. The number of likely N-dealkylation sites (tertiary alicyclic amines) is 1. The lowest BCUT2D eigenvalue weighted by molar-refractivity contribution is 0.183. The zero-order chi connectivity index (χ0) is 17.8. The first kappa shape index (κ1) is 17.8. The number of thiazole rings is 1. The monoisotopic (exact) mass is 386 g/mol. The molecule has 0 spiro atoms. The number of aromatic nitrogens is 1. The molecule has 1 aliphatic heterocycles. The summed E-state index contributed by atoms with van der Waals surface area (Å²) in [7, 11) is 0. The van der Waals surface area contributed by atoms with Crippen molar-refractivity contribution in [1.29, 1.82) is 0 Å². The number of hydrogen-bond acceptors (Lipinski definition) is 4. The average Bonchev–Trinajstić information content (AvgIpc) is 3.06. The topological polar surface area (TPSA) is 25.4 Å². The molecular formula is C21H23ClN2OS. The van der Waals surface area contributed by atoms with Crippen molar-refractivity contribution < 1.29 is 4.74 Å². The number of ether oxygens (including phenoxy) is 1. The fourth-order valence-corrected chi connectivity index (χ4v) is 4.53. The minimum atomic E-state index is 0.752. The van der Waals surface area contributed by atoms with Crippen molar-refractivity contribution in [2.75, 3.05) is 26.2 Å². The van der Waals surface area contributed by atoms with Crippen LogP contribution in [-0.2, 0) is 6.42 Å². The van der Waals surface area contributed by atoms with Crippen LogP contribution in [0.15, 0.2) is 42.5 Å². The van der Waals surface area contributed by atoms with Gasteiger partial charge in [-0.3, -0.25) is 4.90 Å². The van der Waals surface area contributed by atoms with E-state index >= 15 is 0 Å². The second-order valence-electron chi connectivity index (χ2n) is 6.79. The third-order valence-electron chi connectivity index (χ3n) is 4.80. The first-order chi connectivity index (χ1) is 12.8. The Morgan fingerprint density at radius 3 is 2.65 bits per heavy atom. The van der Waals surface area contributed by atoms with E-state index < -0.39 is 0 Å². The highest BCUT2D eigenvalue weighted by Gasteiger charge is 2.10. The van der Waals surface area contributed by atoms with Crippen LogP contribution in [0.1, 0.15) is 29.8 Å². The Kier molecular flexibility index (Phi) is 5.73. The molecule has 2 aromatic carbocycles. The number of halogens is 1. The van der Waals surface area contributed by atoms with Crippen LogP contribution in [-0.4, -0.2) is 36.1 Å². The molecule has 3 nitrogen and oxygen atoms in total. The smallest absolute Gasteiger partial charge is 0.120 e. The maximum Gasteiger partial charge on any atom is 0.120 e. The molecular weight excluding hydrogens is 364 g/mol. The highest BCUT2D eigenvalue weighted by Crippen LogP contribution is 2.28. The molecule has 3 aromatic rings. The van der Waals surface area contributed by atoms with E-state index in [1.807, 2.05) is 18.2 Å². The van der Waals surface area contributed by atoms with Gasteiger partial charge in [-0.25, -0.2) is 4.98 Å². The molecule has 0 amide bonds. The molecule has 0 unspecified atom stereocenters. The Labute approximate surface area is 163 Å². The van der Waals surface area contributed by atoms with E-state index in [-0.39, 0.29) is 0 Å². The maximum atomic E-state index is 5.98. The molecule has 1 aromatic heterocycles. The average molecular weight is 387 g/mol. The first-order valence-electron chi connectivity index (χ1n) is 9.25. The zero-order valence-corrected chi connectivity index (χ0v) is 16.4. The standard InChI is InChI=1S/C21H23ClN2OS/c22-17-6-4-16(5-7-17)14-21-23-19-9-8-18(15-20(19)26-21)25-13-12-24-10-2-1-3-11-24/h4-9,15H,1-3,10-14H2. The Morgan fingerprint density at radius 2 is 1.85 bits per heavy atom. The van der Waals surface area contributed by atoms with Gasteiger partial charge in [0.05, 0.1) is 15.2 Å². The van der Waals surface area contributed by atoms with Gasteiger partial charge in [0.1, 0.15) is 12.4 Å². The Balaban J connectivity index is 1.38. The van der Waals surface area contributed by atoms with Crippen molar-refractivity contribution in [3.05, 3.63) is 58.1 Å². The molecule has 1 aliphatic rings. The van der Waals surface area contributed by atoms with Gasteiger partial charge in [0.2, 0.25) is 0 Å². The summed E-state index contributed by atoms with van der Waals surface area (Å²) in [5.41, 5.74) is 2.27. The van der Waals surface area contributed by atoms with Crippen molar-refractivity contribution >= 4 is 33.2 Å². The number of hydrogen-bond donors (Lipinski definition) is 0. The third kappa shape index (κ3) is 4.56. The summed E-state index contributed by atoms with van der Waals surface area (Å²) < 4.78 is 7.16. The lowest BCUT2D eigenvalue weighted by Gasteiger charge is -2.26. The molecule has 0 atom stereocenters. The summed E-state index contributed by atoms with van der Waals surface area (Å²) in [6.45, 7) is 4.20. The summed E-state index contributed by atoms with van der Waals surface area (Å²) in [6.07, 6.45) is 4.85. The van der Waals surface area contributed by atoms with Crippen molar-refractivity contribution in [3.63, 3.8) is 0 Å². The molecule has 1 saturated heterocycles. The molecule has 1 fully saturated rings. The van der Waals surface area contributed by atoms with Gasteiger partial charge >= 0.3 is 0 Å².